The number of hydrogen-bond acceptors (Lipinski definition) is 5. The topological polar surface area (TPSA) is 60.5 Å². The predicted molar refractivity (Wildman–Crippen MR) is 130 cm³/mol. The largest absolute Gasteiger partial charge is 0.454 e. The molecule has 1 aromatic heterocycles. The number of aromatic nitrogens is 1. The van der Waals surface area contributed by atoms with E-state index in [0.717, 1.165) is 56.9 Å². The average molecular weight is 447 g/mol. The number of carbonyl (C=O) groups is 1. The van der Waals surface area contributed by atoms with Crippen molar-refractivity contribution in [3.05, 3.63) is 107 Å². The Bertz CT molecular complexity index is 1490. The number of benzene rings is 3. The van der Waals surface area contributed by atoms with Crippen LogP contribution in [0.25, 0.3) is 10.9 Å². The van der Waals surface area contributed by atoms with E-state index in [-0.39, 0.29) is 24.4 Å². The molecule has 4 aromatic rings. The summed E-state index contributed by atoms with van der Waals surface area (Å²) < 4.78 is 11.2. The van der Waals surface area contributed by atoms with E-state index in [9.17, 15) is 4.79 Å². The number of ether oxygens (including phenoxy) is 2. The normalized spacial score (nSPS) is 20.6. The Morgan fingerprint density at radius 1 is 0.853 bits per heavy atom. The van der Waals surface area contributed by atoms with Crippen LogP contribution in [-0.4, -0.2) is 17.6 Å². The number of rotatable bonds is 2. The second kappa shape index (κ2) is 7.45. The Hall–Kier alpha value is -4.12. The first-order chi connectivity index (χ1) is 16.8. The van der Waals surface area contributed by atoms with Crippen LogP contribution in [0.4, 0.5) is 5.69 Å². The van der Waals surface area contributed by atoms with Crippen molar-refractivity contribution in [2.45, 2.75) is 24.7 Å². The Labute approximate surface area is 197 Å². The molecule has 166 valence electrons. The molecule has 1 N–H and O–H groups in total. The highest BCUT2D eigenvalue weighted by Crippen LogP contribution is 2.50. The lowest BCUT2D eigenvalue weighted by Gasteiger charge is -2.37. The summed E-state index contributed by atoms with van der Waals surface area (Å²) in [5.41, 5.74) is 7.17. The zero-order chi connectivity index (χ0) is 22.6. The monoisotopic (exact) mass is 446 g/mol. The van der Waals surface area contributed by atoms with Gasteiger partial charge in [-0.15, -0.1) is 0 Å². The molecule has 2 aliphatic heterocycles. The lowest BCUT2D eigenvalue weighted by Crippen LogP contribution is -2.30. The zero-order valence-electron chi connectivity index (χ0n) is 18.5. The van der Waals surface area contributed by atoms with Crippen molar-refractivity contribution in [1.29, 1.82) is 0 Å². The van der Waals surface area contributed by atoms with Gasteiger partial charge in [0.2, 0.25) is 6.79 Å². The van der Waals surface area contributed by atoms with Crippen molar-refractivity contribution in [3.63, 3.8) is 0 Å². The molecule has 3 heterocycles. The molecule has 3 aliphatic rings. The molecule has 0 amide bonds. The van der Waals surface area contributed by atoms with Gasteiger partial charge in [-0.1, -0.05) is 42.5 Å². The van der Waals surface area contributed by atoms with Crippen molar-refractivity contribution >= 4 is 22.4 Å². The molecular formula is C29H22N2O3. The number of fused-ring (bicyclic) bond motifs is 4. The molecule has 7 rings (SSSR count). The van der Waals surface area contributed by atoms with E-state index < -0.39 is 0 Å². The fourth-order valence-corrected chi connectivity index (χ4v) is 5.64. The van der Waals surface area contributed by atoms with Gasteiger partial charge < -0.3 is 14.8 Å². The number of pyridine rings is 1. The van der Waals surface area contributed by atoms with Gasteiger partial charge in [-0.05, 0) is 59.4 Å². The van der Waals surface area contributed by atoms with E-state index >= 15 is 0 Å². The Kier molecular flexibility index (Phi) is 4.24. The van der Waals surface area contributed by atoms with Crippen LogP contribution in [0.5, 0.6) is 11.5 Å². The molecule has 0 spiro atoms. The minimum Gasteiger partial charge on any atom is -0.454 e. The van der Waals surface area contributed by atoms with Gasteiger partial charge in [-0.25, -0.2) is 0 Å². The van der Waals surface area contributed by atoms with E-state index in [1.807, 2.05) is 48.7 Å². The zero-order valence-corrected chi connectivity index (χ0v) is 18.5. The Morgan fingerprint density at radius 3 is 2.65 bits per heavy atom. The summed E-state index contributed by atoms with van der Waals surface area (Å²) in [6.45, 7) is 0.226. The predicted octanol–water partition coefficient (Wildman–Crippen LogP) is 5.92. The molecule has 0 saturated carbocycles. The van der Waals surface area contributed by atoms with Gasteiger partial charge in [-0.2, -0.15) is 0 Å². The molecule has 0 fully saturated rings. The van der Waals surface area contributed by atoms with Gasteiger partial charge in [0.1, 0.15) is 0 Å². The summed E-state index contributed by atoms with van der Waals surface area (Å²) in [7, 11) is 0. The van der Waals surface area contributed by atoms with E-state index in [1.165, 1.54) is 5.56 Å². The van der Waals surface area contributed by atoms with Crippen LogP contribution in [0.1, 0.15) is 41.4 Å². The maximum absolute atomic E-state index is 13.7. The maximum atomic E-state index is 13.7. The van der Waals surface area contributed by atoms with E-state index in [0.29, 0.717) is 6.42 Å². The molecule has 5 nitrogen and oxygen atoms in total. The first-order valence-corrected chi connectivity index (χ1v) is 11.6. The maximum Gasteiger partial charge on any atom is 0.231 e. The van der Waals surface area contributed by atoms with Crippen LogP contribution in [0, 0.1) is 0 Å². The minimum atomic E-state index is -0.172. The van der Waals surface area contributed by atoms with E-state index in [2.05, 4.69) is 40.6 Å². The summed E-state index contributed by atoms with van der Waals surface area (Å²) in [6.07, 6.45) is 3.12. The minimum absolute atomic E-state index is 0.159. The summed E-state index contributed by atoms with van der Waals surface area (Å²) in [5, 5.41) is 4.75. The van der Waals surface area contributed by atoms with Crippen LogP contribution in [0.2, 0.25) is 0 Å². The molecule has 5 heteroatoms. The Balaban J connectivity index is 1.42. The lowest BCUT2D eigenvalue weighted by atomic mass is 9.71. The van der Waals surface area contributed by atoms with Crippen molar-refractivity contribution in [1.82, 2.24) is 4.98 Å². The van der Waals surface area contributed by atoms with Crippen molar-refractivity contribution in [2.75, 3.05) is 12.1 Å². The van der Waals surface area contributed by atoms with Gasteiger partial charge in [0.25, 0.3) is 0 Å². The third-order valence-corrected chi connectivity index (χ3v) is 7.20. The number of hydrogen-bond donors (Lipinski definition) is 1. The number of allylic oxidation sites excluding steroid dienone is 2. The fourth-order valence-electron chi connectivity index (χ4n) is 5.64. The lowest BCUT2D eigenvalue weighted by molar-refractivity contribution is -0.116. The quantitative estimate of drug-likeness (QED) is 0.414. The molecule has 0 saturated heterocycles. The highest BCUT2D eigenvalue weighted by Gasteiger charge is 2.39. The second-order valence-corrected chi connectivity index (χ2v) is 9.10. The first kappa shape index (κ1) is 19.4. The second-order valence-electron chi connectivity index (χ2n) is 9.10. The summed E-state index contributed by atoms with van der Waals surface area (Å²) >= 11 is 0. The van der Waals surface area contributed by atoms with Crippen LogP contribution in [0.3, 0.4) is 0 Å². The molecular weight excluding hydrogens is 424 g/mol. The number of ketones is 1. The van der Waals surface area contributed by atoms with Gasteiger partial charge in [0, 0.05) is 35.2 Å². The average Bonchev–Trinajstić information content (AvgIpc) is 3.36. The van der Waals surface area contributed by atoms with Crippen LogP contribution < -0.4 is 14.8 Å². The van der Waals surface area contributed by atoms with Gasteiger partial charge >= 0.3 is 0 Å². The number of nitrogens with zero attached hydrogens (tertiary/aromatic N) is 1. The van der Waals surface area contributed by atoms with Gasteiger partial charge in [0.15, 0.2) is 17.3 Å². The molecule has 3 aromatic carbocycles. The third-order valence-electron chi connectivity index (χ3n) is 7.20. The molecule has 1 aliphatic carbocycles. The summed E-state index contributed by atoms with van der Waals surface area (Å²) in [6, 6.07) is 24.6. The molecule has 0 unspecified atom stereocenters. The van der Waals surface area contributed by atoms with E-state index in [4.69, 9.17) is 9.47 Å². The van der Waals surface area contributed by atoms with Gasteiger partial charge in [-0.3, -0.25) is 9.78 Å². The SMILES string of the molecule is O=C1C[C@@H](c2ccccc2)CC2=C1[C@@H](c1ccc3c(c1)OCO3)c1ccc3ncccc3c1N2. The Morgan fingerprint density at radius 2 is 1.74 bits per heavy atom. The standard InChI is InChI=1S/C29H22N2O3/c32-24-14-19(17-5-2-1-3-6-17)13-23-28(24)27(18-8-11-25-26(15-18)34-16-33-25)21-9-10-22-20(29(21)31-23)7-4-12-30-22/h1-12,15,19,27,31H,13-14,16H2/t19-,27-/m0/s1. The van der Waals surface area contributed by atoms with Crippen LogP contribution in [-0.2, 0) is 4.79 Å². The smallest absolute Gasteiger partial charge is 0.231 e. The van der Waals surface area contributed by atoms with Gasteiger partial charge in [0.05, 0.1) is 11.2 Å². The molecule has 34 heavy (non-hydrogen) atoms. The molecule has 0 radical (unpaired) electrons. The van der Waals surface area contributed by atoms with Crippen molar-refractivity contribution in [2.24, 2.45) is 0 Å². The molecule has 0 bridgehead atoms. The highest BCUT2D eigenvalue weighted by molar-refractivity contribution is 6.04. The highest BCUT2D eigenvalue weighted by atomic mass is 16.7. The van der Waals surface area contributed by atoms with Crippen LogP contribution >= 0.6 is 0 Å². The van der Waals surface area contributed by atoms with Crippen molar-refractivity contribution in [3.8, 4) is 11.5 Å². The molecule has 2 atom stereocenters. The van der Waals surface area contributed by atoms with Crippen LogP contribution in [0.15, 0.2) is 90.3 Å². The number of carbonyl (C=O) groups excluding carboxylic acids is 1. The van der Waals surface area contributed by atoms with E-state index in [1.54, 1.807) is 0 Å². The summed E-state index contributed by atoms with van der Waals surface area (Å²) in [4.78, 5) is 18.3. The number of anilines is 1. The van der Waals surface area contributed by atoms with Crippen molar-refractivity contribution < 1.29 is 14.3 Å². The first-order valence-electron chi connectivity index (χ1n) is 11.6. The number of Topliss-reactive ketones (excluding diaryl/α,β-unsaturated/α-hetero) is 1. The third kappa shape index (κ3) is 2.93. The fraction of sp³-hybridized carbons (Fsp3) is 0.172. The number of nitrogens with one attached hydrogen (secondary N) is 1. The summed E-state index contributed by atoms with van der Waals surface area (Å²) in [5.74, 6) is 1.66.